The smallest absolute Gasteiger partial charge is 0.246 e. The van der Waals surface area contributed by atoms with Crippen LogP contribution in [0.15, 0.2) is 40.9 Å². The van der Waals surface area contributed by atoms with Crippen molar-refractivity contribution in [2.45, 2.75) is 25.7 Å². The highest BCUT2D eigenvalue weighted by molar-refractivity contribution is 9.10. The van der Waals surface area contributed by atoms with Crippen molar-refractivity contribution in [2.75, 3.05) is 27.3 Å². The van der Waals surface area contributed by atoms with Gasteiger partial charge in [-0.05, 0) is 77.2 Å². The van der Waals surface area contributed by atoms with Gasteiger partial charge in [0, 0.05) is 25.1 Å². The van der Waals surface area contributed by atoms with E-state index < -0.39 is 0 Å². The summed E-state index contributed by atoms with van der Waals surface area (Å²) in [6.07, 6.45) is 5.24. The van der Waals surface area contributed by atoms with Crippen LogP contribution in [0.5, 0.6) is 11.5 Å². The number of nitrogens with one attached hydrogen (secondary N) is 1. The molecule has 2 aromatic carbocycles. The number of imidazole rings is 1. The van der Waals surface area contributed by atoms with Crippen LogP contribution in [0, 0.1) is 6.92 Å². The molecule has 0 unspecified atom stereocenters. The Morgan fingerprint density at radius 1 is 1.19 bits per heavy atom. The summed E-state index contributed by atoms with van der Waals surface area (Å²) in [4.78, 5) is 22.8. The lowest BCUT2D eigenvalue weighted by atomic mass is 9.96. The van der Waals surface area contributed by atoms with Crippen LogP contribution in [0.1, 0.15) is 35.7 Å². The van der Waals surface area contributed by atoms with E-state index in [0.717, 1.165) is 52.8 Å². The van der Waals surface area contributed by atoms with Gasteiger partial charge in [-0.15, -0.1) is 0 Å². The fourth-order valence-corrected chi connectivity index (χ4v) is 4.64. The number of hydrogen-bond donors (Lipinski definition) is 1. The minimum absolute atomic E-state index is 0.0181. The number of rotatable bonds is 5. The lowest BCUT2D eigenvalue weighted by molar-refractivity contribution is -0.127. The average molecular weight is 484 g/mol. The van der Waals surface area contributed by atoms with Crippen LogP contribution in [-0.4, -0.2) is 48.1 Å². The zero-order valence-corrected chi connectivity index (χ0v) is 19.5. The molecule has 7 heteroatoms. The normalized spacial score (nSPS) is 15.0. The molecule has 0 radical (unpaired) electrons. The number of nitrogens with zero attached hydrogens (tertiary/aromatic N) is 2. The van der Waals surface area contributed by atoms with Gasteiger partial charge >= 0.3 is 0 Å². The van der Waals surface area contributed by atoms with Crippen molar-refractivity contribution in [1.82, 2.24) is 14.9 Å². The second kappa shape index (κ2) is 9.14. The molecule has 6 nitrogen and oxygen atoms in total. The van der Waals surface area contributed by atoms with Crippen molar-refractivity contribution in [3.8, 4) is 11.5 Å². The summed E-state index contributed by atoms with van der Waals surface area (Å²) in [6, 6.07) is 10.0. The number of benzene rings is 2. The average Bonchev–Trinajstić information content (AvgIpc) is 3.20. The molecule has 0 spiro atoms. The molecular weight excluding hydrogens is 458 g/mol. The van der Waals surface area contributed by atoms with Crippen LogP contribution in [0.3, 0.4) is 0 Å². The third-order valence-electron chi connectivity index (χ3n) is 5.72. The maximum atomic E-state index is 12.7. The third-order valence-corrected chi connectivity index (χ3v) is 6.31. The first kappa shape index (κ1) is 21.4. The first-order chi connectivity index (χ1) is 15.0. The SMILES string of the molecule is COc1cc(/C=C/C(=O)N2CCC(c3nc4ccc(C)cc4[nH]3)CC2)cc(Br)c1OC. The summed E-state index contributed by atoms with van der Waals surface area (Å²) >= 11 is 3.48. The predicted molar refractivity (Wildman–Crippen MR) is 126 cm³/mol. The van der Waals surface area contributed by atoms with Crippen LogP contribution in [0.25, 0.3) is 17.1 Å². The number of aromatic nitrogens is 2. The van der Waals surface area contributed by atoms with E-state index in [-0.39, 0.29) is 5.91 Å². The van der Waals surface area contributed by atoms with E-state index in [0.29, 0.717) is 17.4 Å². The van der Waals surface area contributed by atoms with Gasteiger partial charge in [0.05, 0.1) is 29.7 Å². The number of fused-ring (bicyclic) bond motifs is 1. The Hall–Kier alpha value is -2.80. The van der Waals surface area contributed by atoms with Gasteiger partial charge in [-0.25, -0.2) is 4.98 Å². The molecule has 1 N–H and O–H groups in total. The monoisotopic (exact) mass is 483 g/mol. The largest absolute Gasteiger partial charge is 0.493 e. The highest BCUT2D eigenvalue weighted by atomic mass is 79.9. The molecule has 2 heterocycles. The number of likely N-dealkylation sites (tertiary alicyclic amines) is 1. The van der Waals surface area contributed by atoms with Gasteiger partial charge in [0.25, 0.3) is 0 Å². The van der Waals surface area contributed by atoms with E-state index in [9.17, 15) is 4.79 Å². The number of H-pyrrole nitrogens is 1. The quantitative estimate of drug-likeness (QED) is 0.514. The van der Waals surface area contributed by atoms with E-state index in [1.807, 2.05) is 23.1 Å². The van der Waals surface area contributed by atoms with Crippen LogP contribution in [0.4, 0.5) is 0 Å². The number of methoxy groups -OCH3 is 2. The van der Waals surface area contributed by atoms with Crippen LogP contribution >= 0.6 is 15.9 Å². The second-order valence-electron chi connectivity index (χ2n) is 7.81. The first-order valence-corrected chi connectivity index (χ1v) is 11.1. The van der Waals surface area contributed by atoms with Crippen LogP contribution in [0.2, 0.25) is 0 Å². The Balaban J connectivity index is 1.39. The van der Waals surface area contributed by atoms with E-state index >= 15 is 0 Å². The summed E-state index contributed by atoms with van der Waals surface area (Å²) in [6.45, 7) is 3.53. The van der Waals surface area contributed by atoms with E-state index in [4.69, 9.17) is 14.5 Å². The summed E-state index contributed by atoms with van der Waals surface area (Å²) in [7, 11) is 3.19. The predicted octanol–water partition coefficient (Wildman–Crippen LogP) is 5.07. The molecule has 162 valence electrons. The Bertz CT molecular complexity index is 1130. The molecule has 1 fully saturated rings. The number of hydrogen-bond acceptors (Lipinski definition) is 4. The molecule has 31 heavy (non-hydrogen) atoms. The Kier molecular flexibility index (Phi) is 6.32. The fraction of sp³-hybridized carbons (Fsp3) is 0.333. The Labute approximate surface area is 190 Å². The Morgan fingerprint density at radius 2 is 1.97 bits per heavy atom. The molecule has 0 atom stereocenters. The zero-order valence-electron chi connectivity index (χ0n) is 17.9. The molecule has 4 rings (SSSR count). The topological polar surface area (TPSA) is 67.5 Å². The maximum absolute atomic E-state index is 12.7. The first-order valence-electron chi connectivity index (χ1n) is 10.3. The molecule has 1 amide bonds. The number of halogens is 1. The summed E-state index contributed by atoms with van der Waals surface area (Å²) in [5.41, 5.74) is 4.17. The number of amides is 1. The van der Waals surface area contributed by atoms with Crippen molar-refractivity contribution in [1.29, 1.82) is 0 Å². The van der Waals surface area contributed by atoms with Crippen molar-refractivity contribution in [2.24, 2.45) is 0 Å². The van der Waals surface area contributed by atoms with Gasteiger partial charge < -0.3 is 19.4 Å². The highest BCUT2D eigenvalue weighted by Gasteiger charge is 2.25. The number of carbonyl (C=O) groups excluding carboxylic acids is 1. The van der Waals surface area contributed by atoms with Gasteiger partial charge in [-0.2, -0.15) is 0 Å². The van der Waals surface area contributed by atoms with E-state index in [1.165, 1.54) is 5.56 Å². The molecule has 0 saturated carbocycles. The molecular formula is C24H26BrN3O3. The van der Waals surface area contributed by atoms with Crippen LogP contribution in [-0.2, 0) is 4.79 Å². The minimum atomic E-state index is 0.0181. The standard InChI is InChI=1S/C24H26BrN3O3/c1-15-4-6-19-20(12-15)27-24(26-19)17-8-10-28(11-9-17)22(29)7-5-16-13-18(25)23(31-3)21(14-16)30-2/h4-7,12-14,17H,8-11H2,1-3H3,(H,26,27)/b7-5+. The Morgan fingerprint density at radius 3 is 2.68 bits per heavy atom. The van der Waals surface area contributed by atoms with Crippen molar-refractivity contribution in [3.05, 3.63) is 57.8 Å². The number of aromatic amines is 1. The number of aryl methyl sites for hydroxylation is 1. The van der Waals surface area contributed by atoms with Crippen molar-refractivity contribution >= 4 is 38.9 Å². The van der Waals surface area contributed by atoms with Gasteiger partial charge in [-0.3, -0.25) is 4.79 Å². The summed E-state index contributed by atoms with van der Waals surface area (Å²) in [5, 5.41) is 0. The van der Waals surface area contributed by atoms with Crippen LogP contribution < -0.4 is 9.47 Å². The number of carbonyl (C=O) groups is 1. The van der Waals surface area contributed by atoms with E-state index in [1.54, 1.807) is 20.3 Å². The number of ether oxygens (including phenoxy) is 2. The fourth-order valence-electron chi connectivity index (χ4n) is 4.02. The lowest BCUT2D eigenvalue weighted by Crippen LogP contribution is -2.37. The third kappa shape index (κ3) is 4.61. The van der Waals surface area contributed by atoms with Gasteiger partial charge in [0.1, 0.15) is 5.82 Å². The molecule has 1 saturated heterocycles. The van der Waals surface area contributed by atoms with Gasteiger partial charge in [0.15, 0.2) is 11.5 Å². The second-order valence-corrected chi connectivity index (χ2v) is 8.67. The van der Waals surface area contributed by atoms with Gasteiger partial charge in [-0.1, -0.05) is 6.07 Å². The molecule has 1 aromatic heterocycles. The van der Waals surface area contributed by atoms with E-state index in [2.05, 4.69) is 46.0 Å². The molecule has 3 aromatic rings. The summed E-state index contributed by atoms with van der Waals surface area (Å²) < 4.78 is 11.5. The zero-order chi connectivity index (χ0) is 22.0. The maximum Gasteiger partial charge on any atom is 0.246 e. The molecule has 1 aliphatic heterocycles. The highest BCUT2D eigenvalue weighted by Crippen LogP contribution is 2.36. The lowest BCUT2D eigenvalue weighted by Gasteiger charge is -2.30. The number of piperidine rings is 1. The molecule has 1 aliphatic rings. The molecule has 0 aliphatic carbocycles. The van der Waals surface area contributed by atoms with Crippen molar-refractivity contribution < 1.29 is 14.3 Å². The summed E-state index contributed by atoms with van der Waals surface area (Å²) in [5.74, 6) is 2.64. The van der Waals surface area contributed by atoms with Crippen molar-refractivity contribution in [3.63, 3.8) is 0 Å². The molecule has 0 bridgehead atoms. The van der Waals surface area contributed by atoms with Gasteiger partial charge in [0.2, 0.25) is 5.91 Å². The minimum Gasteiger partial charge on any atom is -0.493 e.